The summed E-state index contributed by atoms with van der Waals surface area (Å²) >= 11 is 0. The van der Waals surface area contributed by atoms with Gasteiger partial charge in [-0.15, -0.1) is 0 Å². The lowest BCUT2D eigenvalue weighted by Gasteiger charge is -2.28. The Morgan fingerprint density at radius 2 is 0.615 bits per heavy atom. The van der Waals surface area contributed by atoms with Crippen molar-refractivity contribution in [1.29, 1.82) is 0 Å². The first-order valence-corrected chi connectivity index (χ1v) is 21.9. The van der Waals surface area contributed by atoms with E-state index in [0.29, 0.717) is 11.5 Å². The zero-order chi connectivity index (χ0) is 43.4. The van der Waals surface area contributed by atoms with Crippen LogP contribution in [0.5, 0.6) is 0 Å². The van der Waals surface area contributed by atoms with Crippen LogP contribution in [0, 0.1) is 0 Å². The number of fused-ring (bicyclic) bond motifs is 1. The molecule has 1 heterocycles. The Bertz CT molecular complexity index is 3330. The average Bonchev–Trinajstić information content (AvgIpc) is 3.82. The molecule has 0 saturated heterocycles. The number of aromatic nitrogens is 1. The summed E-state index contributed by atoms with van der Waals surface area (Å²) in [5.41, 5.74) is 17.9. The van der Waals surface area contributed by atoms with Gasteiger partial charge in [0, 0.05) is 39.8 Å². The van der Waals surface area contributed by atoms with Crippen molar-refractivity contribution in [2.24, 2.45) is 0 Å². The molecule has 0 unspecified atom stereocenters. The first kappa shape index (κ1) is 39.1. The van der Waals surface area contributed by atoms with E-state index in [1.807, 2.05) is 6.07 Å². The predicted octanol–water partition coefficient (Wildman–Crippen LogP) is 17.1. The highest BCUT2D eigenvalue weighted by Gasteiger charge is 2.21. The number of rotatable bonds is 11. The van der Waals surface area contributed by atoms with E-state index in [1.54, 1.807) is 0 Å². The van der Waals surface area contributed by atoms with Gasteiger partial charge < -0.3 is 14.2 Å². The Morgan fingerprint density at radius 1 is 0.277 bits per heavy atom. The summed E-state index contributed by atoms with van der Waals surface area (Å²) < 4.78 is 6.66. The maximum absolute atomic E-state index is 6.66. The fourth-order valence-corrected chi connectivity index (χ4v) is 8.71. The normalized spacial score (nSPS) is 11.1. The number of oxazole rings is 1. The van der Waals surface area contributed by atoms with Crippen LogP contribution in [-0.2, 0) is 0 Å². The molecule has 0 N–H and O–H groups in total. The third-order valence-corrected chi connectivity index (χ3v) is 11.9. The van der Waals surface area contributed by atoms with Crippen LogP contribution in [-0.4, -0.2) is 4.98 Å². The number of para-hydroxylation sites is 2. The van der Waals surface area contributed by atoms with Crippen LogP contribution in [0.3, 0.4) is 0 Å². The summed E-state index contributed by atoms with van der Waals surface area (Å²) in [5.74, 6) is 0.565. The molecule has 0 aliphatic heterocycles. The topological polar surface area (TPSA) is 32.5 Å². The van der Waals surface area contributed by atoms with E-state index in [0.717, 1.165) is 73.0 Å². The molecule has 11 rings (SSSR count). The van der Waals surface area contributed by atoms with Gasteiger partial charge in [0.15, 0.2) is 5.58 Å². The lowest BCUT2D eigenvalue weighted by molar-refractivity contribution is 0.620. The number of hydrogen-bond donors (Lipinski definition) is 0. The van der Waals surface area contributed by atoms with Gasteiger partial charge in [0.25, 0.3) is 0 Å². The van der Waals surface area contributed by atoms with Crippen molar-refractivity contribution in [1.82, 2.24) is 4.98 Å². The predicted molar refractivity (Wildman–Crippen MR) is 271 cm³/mol. The molecular weight excluding hydrogens is 791 g/mol. The van der Waals surface area contributed by atoms with Crippen molar-refractivity contribution >= 4 is 45.2 Å². The minimum absolute atomic E-state index is 0.565. The van der Waals surface area contributed by atoms with Crippen molar-refractivity contribution < 1.29 is 4.42 Å². The first-order chi connectivity index (χ1) is 32.2. The van der Waals surface area contributed by atoms with Crippen LogP contribution in [0.4, 0.5) is 34.1 Å². The summed E-state index contributed by atoms with van der Waals surface area (Å²) in [6.45, 7) is 0. The lowest BCUT2D eigenvalue weighted by Crippen LogP contribution is -2.11. The van der Waals surface area contributed by atoms with Gasteiger partial charge in [-0.2, -0.15) is 0 Å². The third kappa shape index (κ3) is 7.97. The Kier molecular flexibility index (Phi) is 10.6. The molecule has 4 heteroatoms. The largest absolute Gasteiger partial charge is 0.436 e. The van der Waals surface area contributed by atoms with E-state index in [-0.39, 0.29) is 0 Å². The van der Waals surface area contributed by atoms with Crippen molar-refractivity contribution in [3.05, 3.63) is 261 Å². The molecule has 11 aromatic rings. The summed E-state index contributed by atoms with van der Waals surface area (Å²) in [5, 5.41) is 0. The highest BCUT2D eigenvalue weighted by molar-refractivity contribution is 5.92. The zero-order valence-electron chi connectivity index (χ0n) is 35.6. The fourth-order valence-electron chi connectivity index (χ4n) is 8.71. The Labute approximate surface area is 379 Å². The van der Waals surface area contributed by atoms with E-state index in [2.05, 4.69) is 265 Å². The number of benzene rings is 10. The molecule has 0 saturated carbocycles. The molecule has 0 aliphatic rings. The molecular formula is C61H43N3O. The van der Waals surface area contributed by atoms with Gasteiger partial charge in [-0.05, 0) is 106 Å². The smallest absolute Gasteiger partial charge is 0.227 e. The van der Waals surface area contributed by atoms with Crippen LogP contribution in [0.25, 0.3) is 67.1 Å². The van der Waals surface area contributed by atoms with E-state index in [9.17, 15) is 0 Å². The molecule has 0 bridgehead atoms. The molecule has 0 spiro atoms. The average molecular weight is 834 g/mol. The zero-order valence-corrected chi connectivity index (χ0v) is 35.6. The maximum Gasteiger partial charge on any atom is 0.227 e. The van der Waals surface area contributed by atoms with Gasteiger partial charge in [-0.3, -0.25) is 0 Å². The van der Waals surface area contributed by atoms with E-state index < -0.39 is 0 Å². The quantitative estimate of drug-likeness (QED) is 0.130. The van der Waals surface area contributed by atoms with Gasteiger partial charge in [0.1, 0.15) is 5.52 Å². The van der Waals surface area contributed by atoms with Gasteiger partial charge in [-0.25, -0.2) is 4.98 Å². The second kappa shape index (κ2) is 17.6. The highest BCUT2D eigenvalue weighted by atomic mass is 16.3. The SMILES string of the molecule is c1ccc(-c2ccc(N(c3ccc(-c4nc5ccc(N(c6ccc(-c7ccccc7)cc6)c6ccccc6-c6ccccc6)cc5o4)cc3)c3ccccc3-c3ccccc3)cc2)cc1. The van der Waals surface area contributed by atoms with Crippen LogP contribution in [0.1, 0.15) is 0 Å². The summed E-state index contributed by atoms with van der Waals surface area (Å²) in [6.07, 6.45) is 0. The molecule has 0 fully saturated rings. The fraction of sp³-hybridized carbons (Fsp3) is 0. The molecule has 0 aliphatic carbocycles. The molecule has 10 aromatic carbocycles. The molecule has 1 aromatic heterocycles. The minimum atomic E-state index is 0.565. The Hall–Kier alpha value is -8.73. The maximum atomic E-state index is 6.66. The highest BCUT2D eigenvalue weighted by Crippen LogP contribution is 2.44. The van der Waals surface area contributed by atoms with E-state index in [1.165, 1.54) is 16.7 Å². The molecule has 65 heavy (non-hydrogen) atoms. The van der Waals surface area contributed by atoms with Gasteiger partial charge >= 0.3 is 0 Å². The Balaban J connectivity index is 0.965. The standard InChI is InChI=1S/C61H43N3O/c1-5-17-44(18-6-1)46-29-35-51(36-30-46)63(58-27-15-13-25-55(58)48-21-9-3-10-22-48)52-39-33-50(34-40-52)61-62-57-42-41-54(43-60(57)65-61)64(53-37-31-47(32-38-53)45-19-7-2-8-20-45)59-28-16-14-26-56(59)49-23-11-4-12-24-49/h1-43H. The minimum Gasteiger partial charge on any atom is -0.436 e. The van der Waals surface area contributed by atoms with Crippen LogP contribution >= 0.6 is 0 Å². The number of nitrogens with zero attached hydrogens (tertiary/aromatic N) is 3. The third-order valence-electron chi connectivity index (χ3n) is 11.9. The summed E-state index contributed by atoms with van der Waals surface area (Å²) in [7, 11) is 0. The first-order valence-electron chi connectivity index (χ1n) is 21.9. The summed E-state index contributed by atoms with van der Waals surface area (Å²) in [4.78, 5) is 9.66. The second-order valence-corrected chi connectivity index (χ2v) is 16.0. The monoisotopic (exact) mass is 833 g/mol. The van der Waals surface area contributed by atoms with Crippen LogP contribution in [0.2, 0.25) is 0 Å². The van der Waals surface area contributed by atoms with Gasteiger partial charge in [0.2, 0.25) is 5.89 Å². The van der Waals surface area contributed by atoms with Crippen molar-refractivity contribution in [2.75, 3.05) is 9.80 Å². The molecule has 0 amide bonds. The van der Waals surface area contributed by atoms with E-state index in [4.69, 9.17) is 9.40 Å². The van der Waals surface area contributed by atoms with Gasteiger partial charge in [-0.1, -0.05) is 182 Å². The van der Waals surface area contributed by atoms with Crippen LogP contribution < -0.4 is 9.80 Å². The number of hydrogen-bond acceptors (Lipinski definition) is 4. The van der Waals surface area contributed by atoms with E-state index >= 15 is 0 Å². The lowest BCUT2D eigenvalue weighted by atomic mass is 10.0. The van der Waals surface area contributed by atoms with Gasteiger partial charge in [0.05, 0.1) is 17.1 Å². The Morgan fingerprint density at radius 3 is 1.06 bits per heavy atom. The second-order valence-electron chi connectivity index (χ2n) is 16.0. The summed E-state index contributed by atoms with van der Waals surface area (Å²) in [6, 6.07) is 91.7. The van der Waals surface area contributed by atoms with Crippen molar-refractivity contribution in [3.8, 4) is 56.0 Å². The number of anilines is 6. The van der Waals surface area contributed by atoms with Crippen LogP contribution in [0.15, 0.2) is 265 Å². The van der Waals surface area contributed by atoms with Crippen molar-refractivity contribution in [2.45, 2.75) is 0 Å². The molecule has 308 valence electrons. The molecule has 0 radical (unpaired) electrons. The van der Waals surface area contributed by atoms with Crippen molar-refractivity contribution in [3.63, 3.8) is 0 Å². The molecule has 0 atom stereocenters. The molecule has 4 nitrogen and oxygen atoms in total.